The van der Waals surface area contributed by atoms with E-state index in [1.807, 2.05) is 0 Å². The second kappa shape index (κ2) is 7.68. The Hall–Kier alpha value is -1.36. The van der Waals surface area contributed by atoms with Crippen LogP contribution in [-0.4, -0.2) is 26.1 Å². The fraction of sp³-hybridized carbons (Fsp3) is 0.429. The molecule has 0 heterocycles. The number of carbonyl (C=O) groups is 1. The number of nitrogens with two attached hydrogens (primary N) is 1. The third kappa shape index (κ3) is 5.33. The second-order valence-electron chi connectivity index (χ2n) is 5.70. The van der Waals surface area contributed by atoms with Crippen LogP contribution in [0.15, 0.2) is 22.7 Å². The zero-order valence-corrected chi connectivity index (χ0v) is 15.1. The summed E-state index contributed by atoms with van der Waals surface area (Å²) >= 11 is 3.04. The van der Waals surface area contributed by atoms with Gasteiger partial charge in [0.2, 0.25) is 5.78 Å². The molecule has 0 radical (unpaired) electrons. The van der Waals surface area contributed by atoms with Gasteiger partial charge < -0.3 is 5.32 Å². The molecule has 0 atom stereocenters. The molecule has 7 nitrogen and oxygen atoms in total. The van der Waals surface area contributed by atoms with Crippen molar-refractivity contribution in [2.24, 2.45) is 11.1 Å². The Morgan fingerprint density at radius 3 is 2.46 bits per heavy atom. The number of Topliss-reactive ketones (excluding diaryl/α,β-unsaturated/α-hetero) is 1. The van der Waals surface area contributed by atoms with E-state index < -0.39 is 16.0 Å². The van der Waals surface area contributed by atoms with Crippen LogP contribution in [0.2, 0.25) is 0 Å². The minimum atomic E-state index is -3.75. The molecule has 0 amide bonds. The van der Waals surface area contributed by atoms with Crippen LogP contribution in [0.25, 0.3) is 0 Å². The maximum atomic E-state index is 13.2. The molecule has 24 heavy (non-hydrogen) atoms. The van der Waals surface area contributed by atoms with Crippen molar-refractivity contribution in [2.45, 2.75) is 31.7 Å². The van der Waals surface area contributed by atoms with Crippen LogP contribution < -0.4 is 15.2 Å². The van der Waals surface area contributed by atoms with Crippen molar-refractivity contribution in [1.29, 1.82) is 5.41 Å². The van der Waals surface area contributed by atoms with Gasteiger partial charge in [-0.3, -0.25) is 10.2 Å². The number of rotatable bonds is 5. The molecule has 0 saturated heterocycles. The number of hydrogen-bond donors (Lipinski definition) is 4. The van der Waals surface area contributed by atoms with E-state index in [1.165, 1.54) is 18.2 Å². The molecule has 0 unspecified atom stereocenters. The molecule has 0 spiro atoms. The Bertz CT molecular complexity index is 748. The number of nitrogens with one attached hydrogen (secondary N) is 3. The Kier molecular flexibility index (Phi) is 6.07. The van der Waals surface area contributed by atoms with Gasteiger partial charge in [-0.05, 0) is 59.8 Å². The summed E-state index contributed by atoms with van der Waals surface area (Å²) in [5, 5.41) is 15.5. The predicted octanol–water partition coefficient (Wildman–Crippen LogP) is 1.90. The topological polar surface area (TPSA) is 125 Å². The number of carbonyl (C=O) groups excluding carboxylic acids is 1. The molecule has 10 heteroatoms. The molecule has 1 aliphatic rings. The standard InChI is InChI=1S/C14H18BrFN4O3S/c15-11-7-10(5-6-12(11)16)19-14(17)13(21)8-1-3-9(4-2-8)20-24(18,22)23/h5-9,20H,1-4H2,(H2,17,19)(H2,18,22,23)/t8-,9-. The highest BCUT2D eigenvalue weighted by molar-refractivity contribution is 9.10. The van der Waals surface area contributed by atoms with Gasteiger partial charge in [0.1, 0.15) is 5.82 Å². The fourth-order valence-electron chi connectivity index (χ4n) is 2.69. The van der Waals surface area contributed by atoms with Gasteiger partial charge in [0.25, 0.3) is 10.2 Å². The van der Waals surface area contributed by atoms with Gasteiger partial charge >= 0.3 is 0 Å². The van der Waals surface area contributed by atoms with Crippen molar-refractivity contribution in [3.05, 3.63) is 28.5 Å². The Labute approximate surface area is 148 Å². The average molecular weight is 421 g/mol. The van der Waals surface area contributed by atoms with Gasteiger partial charge in [-0.25, -0.2) is 9.53 Å². The highest BCUT2D eigenvalue weighted by Gasteiger charge is 2.29. The third-order valence-electron chi connectivity index (χ3n) is 3.86. The SMILES string of the molecule is N=C(Nc1ccc(F)c(Br)c1)C(=O)[C@H]1CC[C@H](NS(N)(=O)=O)CC1. The molecule has 1 aliphatic carbocycles. The normalized spacial score (nSPS) is 21.3. The van der Waals surface area contributed by atoms with Gasteiger partial charge in [-0.15, -0.1) is 0 Å². The molecule has 0 aliphatic heterocycles. The molecular weight excluding hydrogens is 403 g/mol. The van der Waals surface area contributed by atoms with Crippen molar-refractivity contribution >= 4 is 43.4 Å². The lowest BCUT2D eigenvalue weighted by Gasteiger charge is -2.27. The van der Waals surface area contributed by atoms with Crippen molar-refractivity contribution in [3.63, 3.8) is 0 Å². The van der Waals surface area contributed by atoms with Crippen LogP contribution in [0.4, 0.5) is 10.1 Å². The first-order valence-electron chi connectivity index (χ1n) is 7.30. The van der Waals surface area contributed by atoms with E-state index in [9.17, 15) is 17.6 Å². The van der Waals surface area contributed by atoms with Crippen LogP contribution in [0.1, 0.15) is 25.7 Å². The maximum absolute atomic E-state index is 13.2. The number of benzene rings is 1. The Balaban J connectivity index is 1.90. The summed E-state index contributed by atoms with van der Waals surface area (Å²) in [4.78, 5) is 12.3. The Morgan fingerprint density at radius 1 is 1.29 bits per heavy atom. The van der Waals surface area contributed by atoms with Gasteiger partial charge in [0.05, 0.1) is 4.47 Å². The summed E-state index contributed by atoms with van der Waals surface area (Å²) in [6.07, 6.45) is 1.93. The Morgan fingerprint density at radius 2 is 1.92 bits per heavy atom. The van der Waals surface area contributed by atoms with Crippen LogP contribution in [0.5, 0.6) is 0 Å². The first kappa shape index (κ1) is 19.0. The summed E-state index contributed by atoms with van der Waals surface area (Å²) in [5.74, 6) is -1.38. The van der Waals surface area contributed by atoms with Gasteiger partial charge in [-0.2, -0.15) is 13.1 Å². The lowest BCUT2D eigenvalue weighted by atomic mass is 9.83. The monoisotopic (exact) mass is 420 g/mol. The van der Waals surface area contributed by atoms with Gasteiger partial charge in [0, 0.05) is 17.6 Å². The molecule has 0 bridgehead atoms. The quantitative estimate of drug-likeness (QED) is 0.428. The zero-order valence-electron chi connectivity index (χ0n) is 12.7. The molecule has 0 aromatic heterocycles. The first-order chi connectivity index (χ1) is 11.2. The molecule has 132 valence electrons. The molecule has 2 rings (SSSR count). The lowest BCUT2D eigenvalue weighted by Crippen LogP contribution is -2.42. The van der Waals surface area contributed by atoms with E-state index in [1.54, 1.807) is 0 Å². The minimum absolute atomic E-state index is 0.238. The number of anilines is 1. The second-order valence-corrected chi connectivity index (χ2v) is 7.88. The van der Waals surface area contributed by atoms with Gasteiger partial charge in [0.15, 0.2) is 5.84 Å². The first-order valence-corrected chi connectivity index (χ1v) is 9.64. The van der Waals surface area contributed by atoms with E-state index in [0.29, 0.717) is 31.4 Å². The fourth-order valence-corrected chi connectivity index (χ4v) is 3.77. The lowest BCUT2D eigenvalue weighted by molar-refractivity contribution is -0.117. The molecule has 1 fully saturated rings. The molecule has 1 aromatic carbocycles. The molecule has 1 saturated carbocycles. The predicted molar refractivity (Wildman–Crippen MR) is 92.4 cm³/mol. The van der Waals surface area contributed by atoms with Crippen LogP contribution in [0.3, 0.4) is 0 Å². The van der Waals surface area contributed by atoms with Crippen molar-refractivity contribution in [3.8, 4) is 0 Å². The van der Waals surface area contributed by atoms with Crippen molar-refractivity contribution in [1.82, 2.24) is 4.72 Å². The number of amidine groups is 1. The number of hydrogen-bond acceptors (Lipinski definition) is 4. The summed E-state index contributed by atoms with van der Waals surface area (Å²) in [6, 6.07) is 3.84. The summed E-state index contributed by atoms with van der Waals surface area (Å²) in [6.45, 7) is 0. The highest BCUT2D eigenvalue weighted by atomic mass is 79.9. The van der Waals surface area contributed by atoms with E-state index in [2.05, 4.69) is 26.0 Å². The number of ketones is 1. The van der Waals surface area contributed by atoms with Crippen LogP contribution in [0, 0.1) is 17.1 Å². The average Bonchev–Trinajstić information content (AvgIpc) is 2.49. The summed E-state index contributed by atoms with van der Waals surface area (Å²) in [7, 11) is -3.75. The maximum Gasteiger partial charge on any atom is 0.274 e. The smallest absolute Gasteiger partial charge is 0.274 e. The zero-order chi connectivity index (χ0) is 17.9. The van der Waals surface area contributed by atoms with Crippen LogP contribution in [-0.2, 0) is 15.0 Å². The van der Waals surface area contributed by atoms with Crippen LogP contribution >= 0.6 is 15.9 Å². The summed E-state index contributed by atoms with van der Waals surface area (Å²) in [5.41, 5.74) is 0.436. The number of halogens is 2. The molecule has 1 aromatic rings. The summed E-state index contributed by atoms with van der Waals surface area (Å²) < 4.78 is 37.8. The van der Waals surface area contributed by atoms with E-state index >= 15 is 0 Å². The minimum Gasteiger partial charge on any atom is -0.338 e. The largest absolute Gasteiger partial charge is 0.338 e. The molecular formula is C14H18BrFN4O3S. The van der Waals surface area contributed by atoms with Crippen molar-refractivity contribution < 1.29 is 17.6 Å². The highest BCUT2D eigenvalue weighted by Crippen LogP contribution is 2.26. The van der Waals surface area contributed by atoms with E-state index in [4.69, 9.17) is 10.5 Å². The van der Waals surface area contributed by atoms with Gasteiger partial charge in [-0.1, -0.05) is 0 Å². The molecule has 5 N–H and O–H groups in total. The third-order valence-corrected chi connectivity index (χ3v) is 5.13. The van der Waals surface area contributed by atoms with E-state index in [-0.39, 0.29) is 28.1 Å². The van der Waals surface area contributed by atoms with E-state index in [0.717, 1.165) is 0 Å². The van der Waals surface area contributed by atoms with Crippen molar-refractivity contribution in [2.75, 3.05) is 5.32 Å².